The Labute approximate surface area is 145 Å². The minimum absolute atomic E-state index is 0.00980. The number of piperidine rings is 1. The van der Waals surface area contributed by atoms with E-state index in [1.165, 1.54) is 0 Å². The molecule has 0 bridgehead atoms. The molecule has 8 heteroatoms. The Kier molecular flexibility index (Phi) is 4.09. The van der Waals surface area contributed by atoms with Crippen LogP contribution in [0.5, 0.6) is 0 Å². The molecule has 2 aliphatic heterocycles. The van der Waals surface area contributed by atoms with Crippen LogP contribution in [0, 0.1) is 0 Å². The average Bonchev–Trinajstić information content (AvgIpc) is 3.31. The SMILES string of the molecule is O=C(c1cn(-c2ccccc2)nn1)N1CCC(N2CCNC2=O)CC1. The second kappa shape index (κ2) is 6.54. The van der Waals surface area contributed by atoms with Crippen LogP contribution in [0.15, 0.2) is 36.5 Å². The molecular formula is C17H20N6O2. The van der Waals surface area contributed by atoms with Crippen molar-refractivity contribution < 1.29 is 9.59 Å². The van der Waals surface area contributed by atoms with E-state index in [9.17, 15) is 9.59 Å². The van der Waals surface area contributed by atoms with Crippen LogP contribution in [0.25, 0.3) is 5.69 Å². The number of rotatable bonds is 3. The Balaban J connectivity index is 1.39. The molecule has 1 aromatic carbocycles. The lowest BCUT2D eigenvalue weighted by molar-refractivity contribution is 0.0660. The zero-order chi connectivity index (χ0) is 17.2. The fraction of sp³-hybridized carbons (Fsp3) is 0.412. The number of carbonyl (C=O) groups is 2. The number of benzene rings is 1. The Morgan fingerprint density at radius 2 is 1.88 bits per heavy atom. The first kappa shape index (κ1) is 15.6. The summed E-state index contributed by atoms with van der Waals surface area (Å²) in [7, 11) is 0. The molecular weight excluding hydrogens is 320 g/mol. The van der Waals surface area contributed by atoms with E-state index < -0.39 is 0 Å². The average molecular weight is 340 g/mol. The number of hydrogen-bond donors (Lipinski definition) is 1. The van der Waals surface area contributed by atoms with Crippen LogP contribution < -0.4 is 5.32 Å². The van der Waals surface area contributed by atoms with Gasteiger partial charge in [0.05, 0.1) is 11.9 Å². The predicted molar refractivity (Wildman–Crippen MR) is 90.4 cm³/mol. The van der Waals surface area contributed by atoms with Gasteiger partial charge in [0.15, 0.2) is 5.69 Å². The zero-order valence-electron chi connectivity index (χ0n) is 13.8. The van der Waals surface area contributed by atoms with Crippen LogP contribution in [0.3, 0.4) is 0 Å². The van der Waals surface area contributed by atoms with E-state index in [1.54, 1.807) is 15.8 Å². The van der Waals surface area contributed by atoms with Crippen molar-refractivity contribution in [2.24, 2.45) is 0 Å². The lowest BCUT2D eigenvalue weighted by Crippen LogP contribution is -2.47. The molecule has 4 rings (SSSR count). The van der Waals surface area contributed by atoms with Gasteiger partial charge in [0, 0.05) is 32.2 Å². The van der Waals surface area contributed by atoms with Gasteiger partial charge in [0.1, 0.15) is 0 Å². The van der Waals surface area contributed by atoms with Crippen LogP contribution in [0.1, 0.15) is 23.3 Å². The van der Waals surface area contributed by atoms with Crippen molar-refractivity contribution in [1.29, 1.82) is 0 Å². The Bertz CT molecular complexity index is 766. The van der Waals surface area contributed by atoms with Crippen LogP contribution in [0.2, 0.25) is 0 Å². The maximum absolute atomic E-state index is 12.7. The lowest BCUT2D eigenvalue weighted by atomic mass is 10.0. The van der Waals surface area contributed by atoms with Gasteiger partial charge in [-0.15, -0.1) is 5.10 Å². The molecule has 3 amide bonds. The molecule has 2 saturated heterocycles. The molecule has 0 unspecified atom stereocenters. The summed E-state index contributed by atoms with van der Waals surface area (Å²) in [6.45, 7) is 2.72. The van der Waals surface area contributed by atoms with Crippen molar-refractivity contribution in [3.63, 3.8) is 0 Å². The van der Waals surface area contributed by atoms with E-state index in [4.69, 9.17) is 0 Å². The van der Waals surface area contributed by atoms with Crippen molar-refractivity contribution in [2.75, 3.05) is 26.2 Å². The summed E-state index contributed by atoms with van der Waals surface area (Å²) in [5, 5.41) is 10.9. The van der Waals surface area contributed by atoms with Crippen molar-refractivity contribution >= 4 is 11.9 Å². The Morgan fingerprint density at radius 3 is 2.56 bits per heavy atom. The molecule has 1 aromatic heterocycles. The third-order valence-corrected chi connectivity index (χ3v) is 4.82. The highest BCUT2D eigenvalue weighted by Crippen LogP contribution is 2.19. The number of hydrogen-bond acceptors (Lipinski definition) is 4. The molecule has 25 heavy (non-hydrogen) atoms. The summed E-state index contributed by atoms with van der Waals surface area (Å²) < 4.78 is 1.61. The Hall–Kier alpha value is -2.90. The van der Waals surface area contributed by atoms with Crippen LogP contribution in [-0.4, -0.2) is 69.0 Å². The molecule has 0 radical (unpaired) electrons. The molecule has 8 nitrogen and oxygen atoms in total. The molecule has 0 aliphatic carbocycles. The number of likely N-dealkylation sites (tertiary alicyclic amines) is 1. The van der Waals surface area contributed by atoms with Crippen molar-refractivity contribution in [3.05, 3.63) is 42.2 Å². The maximum atomic E-state index is 12.7. The Morgan fingerprint density at radius 1 is 1.12 bits per heavy atom. The van der Waals surface area contributed by atoms with Gasteiger partial charge < -0.3 is 15.1 Å². The number of nitrogens with zero attached hydrogens (tertiary/aromatic N) is 5. The van der Waals surface area contributed by atoms with Gasteiger partial charge in [-0.05, 0) is 25.0 Å². The highest BCUT2D eigenvalue weighted by Gasteiger charge is 2.32. The van der Waals surface area contributed by atoms with E-state index >= 15 is 0 Å². The van der Waals surface area contributed by atoms with E-state index in [0.717, 1.165) is 25.1 Å². The van der Waals surface area contributed by atoms with E-state index in [-0.39, 0.29) is 18.0 Å². The summed E-state index contributed by atoms with van der Waals surface area (Å²) in [4.78, 5) is 28.1. The zero-order valence-corrected chi connectivity index (χ0v) is 13.8. The van der Waals surface area contributed by atoms with Gasteiger partial charge >= 0.3 is 6.03 Å². The lowest BCUT2D eigenvalue weighted by Gasteiger charge is -2.35. The van der Waals surface area contributed by atoms with E-state index in [0.29, 0.717) is 25.3 Å². The summed E-state index contributed by atoms with van der Waals surface area (Å²) >= 11 is 0. The third-order valence-electron chi connectivity index (χ3n) is 4.82. The fourth-order valence-electron chi connectivity index (χ4n) is 3.45. The van der Waals surface area contributed by atoms with Gasteiger partial charge in [0.25, 0.3) is 5.91 Å². The maximum Gasteiger partial charge on any atom is 0.317 e. The largest absolute Gasteiger partial charge is 0.337 e. The normalized spacial score (nSPS) is 18.5. The number of amides is 3. The first-order valence-corrected chi connectivity index (χ1v) is 8.54. The molecule has 3 heterocycles. The van der Waals surface area contributed by atoms with Gasteiger partial charge in [-0.1, -0.05) is 23.4 Å². The van der Waals surface area contributed by atoms with Gasteiger partial charge in [-0.25, -0.2) is 9.48 Å². The fourth-order valence-corrected chi connectivity index (χ4v) is 3.45. The predicted octanol–water partition coefficient (Wildman–Crippen LogP) is 0.897. The molecule has 2 fully saturated rings. The molecule has 0 spiro atoms. The summed E-state index contributed by atoms with van der Waals surface area (Å²) in [6.07, 6.45) is 3.26. The monoisotopic (exact) mass is 340 g/mol. The summed E-state index contributed by atoms with van der Waals surface area (Å²) in [6, 6.07) is 9.81. The van der Waals surface area contributed by atoms with E-state index in [2.05, 4.69) is 15.6 Å². The first-order valence-electron chi connectivity index (χ1n) is 8.54. The number of aromatic nitrogens is 3. The molecule has 2 aliphatic rings. The van der Waals surface area contributed by atoms with Crippen LogP contribution in [0.4, 0.5) is 4.79 Å². The highest BCUT2D eigenvalue weighted by atomic mass is 16.2. The minimum atomic E-state index is -0.105. The standard InChI is InChI=1S/C17H20N6O2/c24-16(15-12-23(20-19-15)14-4-2-1-3-5-14)21-9-6-13(7-10-21)22-11-8-18-17(22)25/h1-5,12-13H,6-11H2,(H,18,25). The topological polar surface area (TPSA) is 83.4 Å². The highest BCUT2D eigenvalue weighted by molar-refractivity contribution is 5.92. The second-order valence-electron chi connectivity index (χ2n) is 6.33. The third kappa shape index (κ3) is 3.07. The number of para-hydroxylation sites is 1. The summed E-state index contributed by atoms with van der Waals surface area (Å²) in [5.74, 6) is -0.105. The summed E-state index contributed by atoms with van der Waals surface area (Å²) in [5.41, 5.74) is 1.22. The quantitative estimate of drug-likeness (QED) is 0.900. The first-order chi connectivity index (χ1) is 12.2. The van der Waals surface area contributed by atoms with Crippen LogP contribution >= 0.6 is 0 Å². The van der Waals surface area contributed by atoms with Gasteiger partial charge in [0.2, 0.25) is 0 Å². The molecule has 0 atom stereocenters. The van der Waals surface area contributed by atoms with Gasteiger partial charge in [-0.3, -0.25) is 4.79 Å². The molecule has 0 saturated carbocycles. The number of nitrogens with one attached hydrogen (secondary N) is 1. The number of carbonyl (C=O) groups excluding carboxylic acids is 2. The van der Waals surface area contributed by atoms with E-state index in [1.807, 2.05) is 35.2 Å². The van der Waals surface area contributed by atoms with Crippen molar-refractivity contribution in [3.8, 4) is 5.69 Å². The molecule has 130 valence electrons. The smallest absolute Gasteiger partial charge is 0.317 e. The van der Waals surface area contributed by atoms with Crippen molar-refractivity contribution in [1.82, 2.24) is 30.1 Å². The van der Waals surface area contributed by atoms with Crippen molar-refractivity contribution in [2.45, 2.75) is 18.9 Å². The number of urea groups is 1. The van der Waals surface area contributed by atoms with Gasteiger partial charge in [-0.2, -0.15) is 0 Å². The molecule has 1 N–H and O–H groups in total. The van der Waals surface area contributed by atoms with Crippen LogP contribution in [-0.2, 0) is 0 Å². The minimum Gasteiger partial charge on any atom is -0.337 e. The molecule has 2 aromatic rings. The second-order valence-corrected chi connectivity index (χ2v) is 6.33.